The lowest BCUT2D eigenvalue weighted by molar-refractivity contribution is 0.309. The van der Waals surface area contributed by atoms with E-state index in [0.29, 0.717) is 35.9 Å². The molecule has 0 unspecified atom stereocenters. The lowest BCUT2D eigenvalue weighted by atomic mass is 10.2. The summed E-state index contributed by atoms with van der Waals surface area (Å²) < 4.78 is 44.4. The van der Waals surface area contributed by atoms with Crippen LogP contribution in [0, 0.1) is 13.8 Å². The van der Waals surface area contributed by atoms with E-state index in [1.807, 2.05) is 32.0 Å². The second kappa shape index (κ2) is 8.77. The first-order valence-electron chi connectivity index (χ1n) is 8.62. The Morgan fingerprint density at radius 2 is 1.63 bits per heavy atom. The van der Waals surface area contributed by atoms with E-state index in [1.165, 1.54) is 24.6 Å². The zero-order valence-electron chi connectivity index (χ0n) is 16.8. The molecule has 2 rings (SSSR count). The summed E-state index contributed by atoms with van der Waals surface area (Å²) in [5.41, 5.74) is 0.595. The van der Waals surface area contributed by atoms with Crippen molar-refractivity contribution in [2.75, 3.05) is 41.4 Å². The largest absolute Gasteiger partial charge is 0.493 e. The van der Waals surface area contributed by atoms with Crippen molar-refractivity contribution >= 4 is 10.0 Å². The van der Waals surface area contributed by atoms with Crippen LogP contribution >= 0.6 is 0 Å². The van der Waals surface area contributed by atoms with E-state index in [1.54, 1.807) is 19.1 Å². The summed E-state index contributed by atoms with van der Waals surface area (Å²) in [6, 6.07) is 6.81. The summed E-state index contributed by atoms with van der Waals surface area (Å²) in [5.74, 6) is 2.23. The van der Waals surface area contributed by atoms with E-state index in [2.05, 4.69) is 0 Å². The van der Waals surface area contributed by atoms with Crippen LogP contribution in [0.4, 0.5) is 0 Å². The van der Waals surface area contributed by atoms with Crippen LogP contribution in [0.15, 0.2) is 33.6 Å². The number of nitrogens with zero attached hydrogens (tertiary/aromatic N) is 2. The Bertz CT molecular complexity index is 874. The third-order valence-corrected chi connectivity index (χ3v) is 6.21. The topological polar surface area (TPSA) is 72.2 Å². The zero-order valence-corrected chi connectivity index (χ0v) is 17.6. The average Bonchev–Trinajstić information content (AvgIpc) is 3.02. The highest BCUT2D eigenvalue weighted by molar-refractivity contribution is 7.89. The molecule has 1 heterocycles. The number of likely N-dealkylation sites (N-methyl/N-ethyl adjacent to an activating group) is 1. The molecule has 0 bridgehead atoms. The van der Waals surface area contributed by atoms with E-state index in [0.717, 1.165) is 5.76 Å². The number of sulfonamides is 1. The summed E-state index contributed by atoms with van der Waals surface area (Å²) >= 11 is 0. The van der Waals surface area contributed by atoms with Crippen molar-refractivity contribution in [3.63, 3.8) is 0 Å². The lowest BCUT2D eigenvalue weighted by Gasteiger charge is -2.24. The SMILES string of the molecule is COc1cc(C)c(S(=O)(=O)N(CCN(C)C)Cc2ccc(C)o2)cc1OC. The Hall–Kier alpha value is -2.03. The standard InChI is InChI=1S/C19H28N2O5S/c1-14-11-17(24-5)18(25-6)12-19(14)27(22,23)21(10-9-20(3)4)13-16-8-7-15(2)26-16/h7-8,11-12H,9-10,13H2,1-6H3. The fourth-order valence-corrected chi connectivity index (χ4v) is 4.34. The number of hydrogen-bond acceptors (Lipinski definition) is 6. The average molecular weight is 397 g/mol. The van der Waals surface area contributed by atoms with Gasteiger partial charge in [0.05, 0.1) is 25.7 Å². The van der Waals surface area contributed by atoms with Crippen molar-refractivity contribution in [1.29, 1.82) is 0 Å². The molecule has 1 aromatic carbocycles. The monoisotopic (exact) mass is 396 g/mol. The van der Waals surface area contributed by atoms with Gasteiger partial charge in [-0.1, -0.05) is 0 Å². The molecule has 0 radical (unpaired) electrons. The van der Waals surface area contributed by atoms with Gasteiger partial charge in [0, 0.05) is 19.2 Å². The van der Waals surface area contributed by atoms with Crippen molar-refractivity contribution < 1.29 is 22.3 Å². The molecule has 0 saturated heterocycles. The van der Waals surface area contributed by atoms with Gasteiger partial charge >= 0.3 is 0 Å². The van der Waals surface area contributed by atoms with E-state index in [-0.39, 0.29) is 11.4 Å². The van der Waals surface area contributed by atoms with Gasteiger partial charge in [-0.25, -0.2) is 8.42 Å². The van der Waals surface area contributed by atoms with Gasteiger partial charge in [-0.2, -0.15) is 4.31 Å². The van der Waals surface area contributed by atoms with Gasteiger partial charge in [0.15, 0.2) is 11.5 Å². The maximum Gasteiger partial charge on any atom is 0.243 e. The number of rotatable bonds is 9. The highest BCUT2D eigenvalue weighted by Crippen LogP contribution is 2.34. The highest BCUT2D eigenvalue weighted by atomic mass is 32.2. The Labute approximate surface area is 161 Å². The summed E-state index contributed by atoms with van der Waals surface area (Å²) in [4.78, 5) is 2.14. The molecule has 0 aliphatic carbocycles. The molecule has 0 spiro atoms. The van der Waals surface area contributed by atoms with Gasteiger partial charge < -0.3 is 18.8 Å². The molecule has 150 valence electrons. The first-order chi connectivity index (χ1) is 12.7. The van der Waals surface area contributed by atoms with Crippen molar-refractivity contribution in [2.24, 2.45) is 0 Å². The number of hydrogen-bond donors (Lipinski definition) is 0. The number of furan rings is 1. The van der Waals surface area contributed by atoms with Crippen LogP contribution in [-0.4, -0.2) is 59.0 Å². The van der Waals surface area contributed by atoms with Gasteiger partial charge in [0.1, 0.15) is 11.5 Å². The van der Waals surface area contributed by atoms with Gasteiger partial charge in [-0.3, -0.25) is 0 Å². The predicted molar refractivity (Wildman–Crippen MR) is 104 cm³/mol. The Morgan fingerprint density at radius 3 is 2.15 bits per heavy atom. The molecule has 0 N–H and O–H groups in total. The minimum absolute atomic E-state index is 0.164. The smallest absolute Gasteiger partial charge is 0.243 e. The summed E-state index contributed by atoms with van der Waals surface area (Å²) in [6.45, 7) is 4.67. The zero-order chi connectivity index (χ0) is 20.2. The summed E-state index contributed by atoms with van der Waals surface area (Å²) in [7, 11) is 3.06. The number of benzene rings is 1. The van der Waals surface area contributed by atoms with E-state index in [9.17, 15) is 8.42 Å². The molecule has 0 amide bonds. The maximum atomic E-state index is 13.4. The predicted octanol–water partition coefficient (Wildman–Crippen LogP) is 2.67. The molecule has 0 saturated carbocycles. The van der Waals surface area contributed by atoms with Crippen LogP contribution < -0.4 is 9.47 Å². The van der Waals surface area contributed by atoms with Crippen LogP contribution in [0.5, 0.6) is 11.5 Å². The van der Waals surface area contributed by atoms with Gasteiger partial charge in [-0.15, -0.1) is 0 Å². The van der Waals surface area contributed by atoms with Crippen LogP contribution in [0.3, 0.4) is 0 Å². The second-order valence-corrected chi connectivity index (χ2v) is 8.53. The molecule has 0 atom stereocenters. The fraction of sp³-hybridized carbons (Fsp3) is 0.474. The van der Waals surface area contributed by atoms with E-state index >= 15 is 0 Å². The van der Waals surface area contributed by atoms with Crippen LogP contribution in [0.25, 0.3) is 0 Å². The molecule has 1 aromatic heterocycles. The normalized spacial score (nSPS) is 12.0. The molecular weight excluding hydrogens is 368 g/mol. The highest BCUT2D eigenvalue weighted by Gasteiger charge is 2.28. The number of methoxy groups -OCH3 is 2. The Balaban J connectivity index is 2.45. The Morgan fingerprint density at radius 1 is 1.00 bits per heavy atom. The van der Waals surface area contributed by atoms with Crippen LogP contribution in [0.1, 0.15) is 17.1 Å². The third-order valence-electron chi connectivity index (χ3n) is 4.22. The number of ether oxygens (including phenoxy) is 2. The minimum atomic E-state index is -3.76. The first kappa shape index (κ1) is 21.3. The van der Waals surface area contributed by atoms with Gasteiger partial charge in [0.2, 0.25) is 10.0 Å². The molecule has 2 aromatic rings. The first-order valence-corrected chi connectivity index (χ1v) is 10.1. The van der Waals surface area contributed by atoms with Gasteiger partial charge in [0.25, 0.3) is 0 Å². The lowest BCUT2D eigenvalue weighted by Crippen LogP contribution is -2.36. The van der Waals surface area contributed by atoms with Crippen molar-refractivity contribution in [2.45, 2.75) is 25.3 Å². The van der Waals surface area contributed by atoms with Crippen LogP contribution in [-0.2, 0) is 16.6 Å². The second-order valence-electron chi connectivity index (χ2n) is 6.63. The fourth-order valence-electron chi connectivity index (χ4n) is 2.72. The molecule has 0 aliphatic heterocycles. The third kappa shape index (κ3) is 5.03. The molecule has 8 heteroatoms. The van der Waals surface area contributed by atoms with E-state index in [4.69, 9.17) is 13.9 Å². The van der Waals surface area contributed by atoms with Crippen molar-refractivity contribution in [3.05, 3.63) is 41.3 Å². The van der Waals surface area contributed by atoms with Crippen molar-refractivity contribution in [1.82, 2.24) is 9.21 Å². The molecule has 0 aliphatic rings. The van der Waals surface area contributed by atoms with Crippen molar-refractivity contribution in [3.8, 4) is 11.5 Å². The quantitative estimate of drug-likeness (QED) is 0.649. The van der Waals surface area contributed by atoms with Gasteiger partial charge in [-0.05, 0) is 51.7 Å². The molecule has 0 fully saturated rings. The summed E-state index contributed by atoms with van der Waals surface area (Å²) in [5, 5.41) is 0. The molecular formula is C19H28N2O5S. The Kier molecular flexibility index (Phi) is 6.91. The summed E-state index contributed by atoms with van der Waals surface area (Å²) in [6.07, 6.45) is 0. The molecule has 7 nitrogen and oxygen atoms in total. The minimum Gasteiger partial charge on any atom is -0.493 e. The van der Waals surface area contributed by atoms with Crippen LogP contribution in [0.2, 0.25) is 0 Å². The number of aryl methyl sites for hydroxylation is 2. The molecule has 27 heavy (non-hydrogen) atoms. The van der Waals surface area contributed by atoms with E-state index < -0.39 is 10.0 Å². The maximum absolute atomic E-state index is 13.4.